The number of methoxy groups -OCH3 is 1. The average Bonchev–Trinajstić information content (AvgIpc) is 2.39. The van der Waals surface area contributed by atoms with Gasteiger partial charge in [-0.05, 0) is 0 Å². The summed E-state index contributed by atoms with van der Waals surface area (Å²) >= 11 is 1.44. The van der Waals surface area contributed by atoms with Gasteiger partial charge in [-0.3, -0.25) is 14.2 Å². The summed E-state index contributed by atoms with van der Waals surface area (Å²) in [4.78, 5) is 27.7. The summed E-state index contributed by atoms with van der Waals surface area (Å²) in [5.41, 5.74) is -0.109. The molecule has 2 rings (SSSR count). The molecule has 1 aliphatic rings. The molecule has 1 N–H and O–H groups in total. The standard InChI is InChI=1S/C11H15N3O3S/c1-17-5-4-12-10(16)8-6-14-9(15)2-3-13-11(14)18-7-8/h2-3,8H,4-7H2,1H3,(H,12,16). The third kappa shape index (κ3) is 2.91. The monoisotopic (exact) mass is 269 g/mol. The van der Waals surface area contributed by atoms with Crippen molar-refractivity contribution in [2.24, 2.45) is 5.92 Å². The molecule has 18 heavy (non-hydrogen) atoms. The predicted octanol–water partition coefficient (Wildman–Crippen LogP) is -0.272. The maximum Gasteiger partial charge on any atom is 0.254 e. The molecule has 1 unspecified atom stereocenters. The van der Waals surface area contributed by atoms with Crippen LogP contribution >= 0.6 is 11.8 Å². The summed E-state index contributed by atoms with van der Waals surface area (Å²) in [5, 5.41) is 3.47. The molecule has 98 valence electrons. The fourth-order valence-corrected chi connectivity index (χ4v) is 2.79. The Morgan fingerprint density at radius 3 is 3.33 bits per heavy atom. The molecule has 6 nitrogen and oxygen atoms in total. The van der Waals surface area contributed by atoms with Crippen molar-refractivity contribution in [3.05, 3.63) is 22.6 Å². The van der Waals surface area contributed by atoms with E-state index in [2.05, 4.69) is 10.3 Å². The minimum absolute atomic E-state index is 0.0408. The van der Waals surface area contributed by atoms with E-state index >= 15 is 0 Å². The molecule has 0 spiro atoms. The Morgan fingerprint density at radius 2 is 2.56 bits per heavy atom. The molecule has 7 heteroatoms. The second kappa shape index (κ2) is 6.01. The third-order valence-corrected chi connectivity index (χ3v) is 3.84. The first kappa shape index (κ1) is 13.1. The van der Waals surface area contributed by atoms with Crippen molar-refractivity contribution >= 4 is 17.7 Å². The smallest absolute Gasteiger partial charge is 0.254 e. The summed E-state index contributed by atoms with van der Waals surface area (Å²) in [6.45, 7) is 1.38. The molecule has 1 amide bonds. The van der Waals surface area contributed by atoms with Gasteiger partial charge in [0.15, 0.2) is 5.16 Å². The van der Waals surface area contributed by atoms with Gasteiger partial charge in [0.25, 0.3) is 5.56 Å². The fraction of sp³-hybridized carbons (Fsp3) is 0.545. The lowest BCUT2D eigenvalue weighted by Gasteiger charge is -2.23. The molecule has 2 heterocycles. The quantitative estimate of drug-likeness (QED) is 0.601. The van der Waals surface area contributed by atoms with Crippen LogP contribution in [-0.4, -0.2) is 41.5 Å². The van der Waals surface area contributed by atoms with Crippen LogP contribution in [0.3, 0.4) is 0 Å². The SMILES string of the molecule is COCCNC(=O)C1CSc2nccc(=O)n2C1. The number of hydrogen-bond donors (Lipinski definition) is 1. The van der Waals surface area contributed by atoms with E-state index in [1.807, 2.05) is 0 Å². The topological polar surface area (TPSA) is 73.2 Å². The van der Waals surface area contributed by atoms with Gasteiger partial charge in [-0.25, -0.2) is 4.98 Å². The highest BCUT2D eigenvalue weighted by atomic mass is 32.2. The zero-order chi connectivity index (χ0) is 13.0. The number of carbonyl (C=O) groups is 1. The maximum atomic E-state index is 11.9. The van der Waals surface area contributed by atoms with Crippen LogP contribution in [0.4, 0.5) is 0 Å². The largest absolute Gasteiger partial charge is 0.383 e. The van der Waals surface area contributed by atoms with Crippen LogP contribution in [-0.2, 0) is 16.1 Å². The first-order chi connectivity index (χ1) is 8.72. The Bertz CT molecular complexity index is 489. The van der Waals surface area contributed by atoms with Crippen molar-refractivity contribution in [1.29, 1.82) is 0 Å². The van der Waals surface area contributed by atoms with Crippen LogP contribution < -0.4 is 10.9 Å². The minimum Gasteiger partial charge on any atom is -0.383 e. The Morgan fingerprint density at radius 1 is 1.72 bits per heavy atom. The van der Waals surface area contributed by atoms with E-state index in [0.29, 0.717) is 30.6 Å². The normalized spacial score (nSPS) is 18.2. The highest BCUT2D eigenvalue weighted by Crippen LogP contribution is 2.24. The summed E-state index contributed by atoms with van der Waals surface area (Å²) in [7, 11) is 1.59. The Kier molecular flexibility index (Phi) is 4.38. The highest BCUT2D eigenvalue weighted by molar-refractivity contribution is 7.99. The van der Waals surface area contributed by atoms with E-state index in [0.717, 1.165) is 0 Å². The molecule has 0 bridgehead atoms. The molecular weight excluding hydrogens is 254 g/mol. The van der Waals surface area contributed by atoms with E-state index < -0.39 is 0 Å². The lowest BCUT2D eigenvalue weighted by atomic mass is 10.1. The number of nitrogens with one attached hydrogen (secondary N) is 1. The lowest BCUT2D eigenvalue weighted by Crippen LogP contribution is -2.40. The molecule has 0 aliphatic carbocycles. The Labute approximate surface area is 109 Å². The van der Waals surface area contributed by atoms with Crippen molar-refractivity contribution in [2.45, 2.75) is 11.7 Å². The van der Waals surface area contributed by atoms with Gasteiger partial charge in [0.1, 0.15) is 0 Å². The van der Waals surface area contributed by atoms with Crippen LogP contribution in [0.5, 0.6) is 0 Å². The van der Waals surface area contributed by atoms with E-state index in [4.69, 9.17) is 4.74 Å². The average molecular weight is 269 g/mol. The van der Waals surface area contributed by atoms with Crippen LogP contribution in [0, 0.1) is 5.92 Å². The molecule has 0 radical (unpaired) electrons. The van der Waals surface area contributed by atoms with Gasteiger partial charge in [-0.2, -0.15) is 0 Å². The number of nitrogens with zero attached hydrogens (tertiary/aromatic N) is 2. The van der Waals surface area contributed by atoms with Crippen molar-refractivity contribution in [1.82, 2.24) is 14.9 Å². The van der Waals surface area contributed by atoms with Gasteiger partial charge in [-0.15, -0.1) is 0 Å². The maximum absolute atomic E-state index is 11.9. The summed E-state index contributed by atoms with van der Waals surface area (Å²) in [6, 6.07) is 1.41. The van der Waals surface area contributed by atoms with Crippen molar-refractivity contribution < 1.29 is 9.53 Å². The minimum atomic E-state index is -0.193. The number of aromatic nitrogens is 2. The van der Waals surface area contributed by atoms with Crippen molar-refractivity contribution in [2.75, 3.05) is 26.0 Å². The van der Waals surface area contributed by atoms with Crippen molar-refractivity contribution in [3.8, 4) is 0 Å². The van der Waals surface area contributed by atoms with E-state index in [9.17, 15) is 9.59 Å². The fourth-order valence-electron chi connectivity index (χ4n) is 1.73. The van der Waals surface area contributed by atoms with Crippen LogP contribution in [0.15, 0.2) is 22.2 Å². The second-order valence-electron chi connectivity index (χ2n) is 3.97. The number of ether oxygens (including phenoxy) is 1. The van der Waals surface area contributed by atoms with Crippen LogP contribution in [0.25, 0.3) is 0 Å². The molecular formula is C11H15N3O3S. The lowest BCUT2D eigenvalue weighted by molar-refractivity contribution is -0.125. The van der Waals surface area contributed by atoms with Crippen molar-refractivity contribution in [3.63, 3.8) is 0 Å². The first-order valence-corrected chi connectivity index (χ1v) is 6.66. The number of rotatable bonds is 4. The molecule has 0 saturated heterocycles. The van der Waals surface area contributed by atoms with Gasteiger partial charge in [-0.1, -0.05) is 11.8 Å². The van der Waals surface area contributed by atoms with Gasteiger partial charge in [0, 0.05) is 38.2 Å². The van der Waals surface area contributed by atoms with Gasteiger partial charge in [0.2, 0.25) is 5.91 Å². The highest BCUT2D eigenvalue weighted by Gasteiger charge is 2.25. The molecule has 1 aromatic heterocycles. The number of carbonyl (C=O) groups excluding carboxylic acids is 1. The van der Waals surface area contributed by atoms with E-state index in [1.54, 1.807) is 11.7 Å². The number of hydrogen-bond acceptors (Lipinski definition) is 5. The first-order valence-electron chi connectivity index (χ1n) is 5.67. The van der Waals surface area contributed by atoms with Gasteiger partial charge >= 0.3 is 0 Å². The predicted molar refractivity (Wildman–Crippen MR) is 67.6 cm³/mol. The molecule has 1 atom stereocenters. The van der Waals surface area contributed by atoms with Gasteiger partial charge in [0.05, 0.1) is 12.5 Å². The summed E-state index contributed by atoms with van der Waals surface area (Å²) in [5.74, 6) is 0.414. The third-order valence-electron chi connectivity index (χ3n) is 2.69. The molecule has 1 aliphatic heterocycles. The second-order valence-corrected chi connectivity index (χ2v) is 4.96. The molecule has 1 aromatic rings. The number of amides is 1. The van der Waals surface area contributed by atoms with Gasteiger partial charge < -0.3 is 10.1 Å². The van der Waals surface area contributed by atoms with E-state index in [-0.39, 0.29) is 17.4 Å². The zero-order valence-corrected chi connectivity index (χ0v) is 10.9. The molecule has 0 saturated carbocycles. The van der Waals surface area contributed by atoms with E-state index in [1.165, 1.54) is 24.0 Å². The van der Waals surface area contributed by atoms with Crippen LogP contribution in [0.1, 0.15) is 0 Å². The number of fused-ring (bicyclic) bond motifs is 1. The summed E-state index contributed by atoms with van der Waals surface area (Å²) in [6.07, 6.45) is 1.50. The molecule has 0 fully saturated rings. The zero-order valence-electron chi connectivity index (χ0n) is 10.1. The Hall–Kier alpha value is -1.34. The summed E-state index contributed by atoms with van der Waals surface area (Å²) < 4.78 is 6.42. The Balaban J connectivity index is 2.01. The van der Waals surface area contributed by atoms with Crippen LogP contribution in [0.2, 0.25) is 0 Å². The number of thioether (sulfide) groups is 1. The molecule has 0 aromatic carbocycles.